The molecule has 1 unspecified atom stereocenters. The van der Waals surface area contributed by atoms with Crippen molar-refractivity contribution in [1.82, 2.24) is 5.16 Å². The largest absolute Gasteiger partial charge is 0.338 e. The van der Waals surface area contributed by atoms with Crippen LogP contribution in [0.2, 0.25) is 0 Å². The smallest absolute Gasteiger partial charge is 0.236 e. The van der Waals surface area contributed by atoms with Crippen molar-refractivity contribution >= 4 is 23.6 Å². The number of thioether (sulfide) groups is 1. The molecule has 0 aromatic carbocycles. The van der Waals surface area contributed by atoms with E-state index in [1.54, 1.807) is 6.07 Å². The Morgan fingerprint density at radius 2 is 2.28 bits per heavy atom. The van der Waals surface area contributed by atoms with Crippen LogP contribution in [0.5, 0.6) is 0 Å². The highest BCUT2D eigenvalue weighted by molar-refractivity contribution is 8.00. The Bertz CT molecular complexity index is 398. The molecule has 102 valence electrons. The summed E-state index contributed by atoms with van der Waals surface area (Å²) in [4.78, 5) is 11.6. The molecule has 0 aliphatic rings. The van der Waals surface area contributed by atoms with Crippen LogP contribution in [-0.2, 0) is 10.2 Å². The Hall–Kier alpha value is -1.01. The van der Waals surface area contributed by atoms with Gasteiger partial charge in [0.15, 0.2) is 0 Å². The molecule has 1 aromatic heterocycles. The molecule has 0 saturated heterocycles. The summed E-state index contributed by atoms with van der Waals surface area (Å²) in [6.45, 7) is 8.66. The molecule has 0 aliphatic carbocycles. The molecule has 5 nitrogen and oxygen atoms in total. The van der Waals surface area contributed by atoms with Crippen molar-refractivity contribution < 1.29 is 9.32 Å². The number of nitrogens with one attached hydrogen (secondary N) is 1. The van der Waals surface area contributed by atoms with Crippen molar-refractivity contribution in [3.8, 4) is 0 Å². The van der Waals surface area contributed by atoms with Crippen LogP contribution < -0.4 is 11.1 Å². The van der Waals surface area contributed by atoms with Gasteiger partial charge in [0.1, 0.15) is 0 Å². The fourth-order valence-corrected chi connectivity index (χ4v) is 1.79. The minimum atomic E-state index is -0.100. The third kappa shape index (κ3) is 4.70. The summed E-state index contributed by atoms with van der Waals surface area (Å²) in [6.07, 6.45) is 0. The van der Waals surface area contributed by atoms with E-state index in [0.717, 1.165) is 5.69 Å². The third-order valence-corrected chi connectivity index (χ3v) is 3.56. The van der Waals surface area contributed by atoms with Crippen LogP contribution >= 0.6 is 11.8 Å². The van der Waals surface area contributed by atoms with Gasteiger partial charge in [0.2, 0.25) is 11.8 Å². The maximum atomic E-state index is 11.6. The van der Waals surface area contributed by atoms with Gasteiger partial charge in [-0.1, -0.05) is 32.9 Å². The zero-order valence-electron chi connectivity index (χ0n) is 11.3. The van der Waals surface area contributed by atoms with Crippen LogP contribution in [0.25, 0.3) is 0 Å². The van der Waals surface area contributed by atoms with E-state index >= 15 is 0 Å². The Morgan fingerprint density at radius 3 is 2.78 bits per heavy atom. The van der Waals surface area contributed by atoms with Gasteiger partial charge in [0.05, 0.1) is 11.4 Å². The monoisotopic (exact) mass is 271 g/mol. The Balaban J connectivity index is 2.48. The molecule has 0 spiro atoms. The molecule has 0 radical (unpaired) electrons. The Morgan fingerprint density at radius 1 is 1.61 bits per heavy atom. The summed E-state index contributed by atoms with van der Waals surface area (Å²) >= 11 is 1.52. The summed E-state index contributed by atoms with van der Waals surface area (Å²) in [6, 6.07) is 1.76. The minimum Gasteiger partial charge on any atom is -0.338 e. The maximum Gasteiger partial charge on any atom is 0.236 e. The molecule has 0 bridgehead atoms. The van der Waals surface area contributed by atoms with E-state index in [4.69, 9.17) is 10.3 Å². The number of nitrogens with zero attached hydrogens (tertiary/aromatic N) is 1. The summed E-state index contributed by atoms with van der Waals surface area (Å²) in [5.74, 6) is 0.659. The predicted molar refractivity (Wildman–Crippen MR) is 74.8 cm³/mol. The molecule has 0 aliphatic heterocycles. The first-order chi connectivity index (χ1) is 8.32. The Labute approximate surface area is 112 Å². The first kappa shape index (κ1) is 15.0. The summed E-state index contributed by atoms with van der Waals surface area (Å²) in [7, 11) is 0. The van der Waals surface area contributed by atoms with Crippen molar-refractivity contribution in [1.29, 1.82) is 0 Å². The quantitative estimate of drug-likeness (QED) is 0.856. The van der Waals surface area contributed by atoms with E-state index in [-0.39, 0.29) is 16.6 Å². The lowest BCUT2D eigenvalue weighted by Gasteiger charge is -2.12. The SMILES string of the molecule is CC(CN)SCC(=O)Nc1cc(C(C)(C)C)no1. The van der Waals surface area contributed by atoms with E-state index in [1.807, 2.05) is 27.7 Å². The average Bonchev–Trinajstić information content (AvgIpc) is 2.74. The van der Waals surface area contributed by atoms with Crippen LogP contribution in [-0.4, -0.2) is 28.6 Å². The fraction of sp³-hybridized carbons (Fsp3) is 0.667. The average molecular weight is 271 g/mol. The molecule has 1 atom stereocenters. The van der Waals surface area contributed by atoms with Crippen LogP contribution in [0, 0.1) is 0 Å². The van der Waals surface area contributed by atoms with Gasteiger partial charge in [0, 0.05) is 23.3 Å². The molecule has 0 saturated carbocycles. The van der Waals surface area contributed by atoms with Gasteiger partial charge in [-0.2, -0.15) is 0 Å². The topological polar surface area (TPSA) is 81.2 Å². The van der Waals surface area contributed by atoms with E-state index < -0.39 is 0 Å². The summed E-state index contributed by atoms with van der Waals surface area (Å²) in [5, 5.41) is 6.89. The Kier molecular flexibility index (Phi) is 5.22. The number of carbonyl (C=O) groups is 1. The fourth-order valence-electron chi connectivity index (χ4n) is 1.15. The lowest BCUT2D eigenvalue weighted by molar-refractivity contribution is -0.113. The normalized spacial score (nSPS) is 13.4. The highest BCUT2D eigenvalue weighted by Crippen LogP contribution is 2.23. The van der Waals surface area contributed by atoms with Gasteiger partial charge < -0.3 is 10.3 Å². The first-order valence-corrected chi connectivity index (χ1v) is 6.96. The number of rotatable bonds is 5. The van der Waals surface area contributed by atoms with E-state index in [2.05, 4.69) is 10.5 Å². The van der Waals surface area contributed by atoms with Crippen LogP contribution in [0.4, 0.5) is 5.88 Å². The maximum absolute atomic E-state index is 11.6. The molecule has 6 heteroatoms. The molecular weight excluding hydrogens is 250 g/mol. The molecule has 1 aromatic rings. The number of anilines is 1. The lowest BCUT2D eigenvalue weighted by atomic mass is 9.92. The number of amides is 1. The molecule has 18 heavy (non-hydrogen) atoms. The number of nitrogens with two attached hydrogens (primary N) is 1. The zero-order valence-corrected chi connectivity index (χ0v) is 12.1. The highest BCUT2D eigenvalue weighted by atomic mass is 32.2. The van der Waals surface area contributed by atoms with E-state index in [0.29, 0.717) is 18.2 Å². The third-order valence-electron chi connectivity index (χ3n) is 2.37. The molecule has 0 fully saturated rings. The van der Waals surface area contributed by atoms with Gasteiger partial charge in [-0.15, -0.1) is 11.8 Å². The summed E-state index contributed by atoms with van der Waals surface area (Å²) < 4.78 is 5.08. The predicted octanol–water partition coefficient (Wildman–Crippen LogP) is 1.99. The minimum absolute atomic E-state index is 0.0880. The molecule has 1 amide bonds. The van der Waals surface area contributed by atoms with Crippen LogP contribution in [0.3, 0.4) is 0 Å². The molecular formula is C12H21N3O2S. The molecule has 1 heterocycles. The van der Waals surface area contributed by atoms with Crippen molar-refractivity contribution in [2.75, 3.05) is 17.6 Å². The van der Waals surface area contributed by atoms with Crippen LogP contribution in [0.1, 0.15) is 33.4 Å². The standard InChI is InChI=1S/C12H21N3O2S/c1-8(6-13)18-7-10(16)14-11-5-9(15-17-11)12(2,3)4/h5,8H,6-7,13H2,1-4H3,(H,14,16). The van der Waals surface area contributed by atoms with E-state index in [9.17, 15) is 4.79 Å². The number of hydrogen-bond donors (Lipinski definition) is 2. The van der Waals surface area contributed by atoms with Crippen molar-refractivity contribution in [2.24, 2.45) is 5.73 Å². The van der Waals surface area contributed by atoms with Gasteiger partial charge in [0.25, 0.3) is 0 Å². The molecule has 3 N–H and O–H groups in total. The number of carbonyl (C=O) groups excluding carboxylic acids is 1. The van der Waals surface area contributed by atoms with Crippen molar-refractivity contribution in [3.63, 3.8) is 0 Å². The number of hydrogen-bond acceptors (Lipinski definition) is 5. The second-order valence-corrected chi connectivity index (χ2v) is 6.66. The highest BCUT2D eigenvalue weighted by Gasteiger charge is 2.19. The lowest BCUT2D eigenvalue weighted by Crippen LogP contribution is -2.19. The van der Waals surface area contributed by atoms with Crippen molar-refractivity contribution in [2.45, 2.75) is 38.4 Å². The van der Waals surface area contributed by atoms with Crippen LogP contribution in [0.15, 0.2) is 10.6 Å². The second-order valence-electron chi connectivity index (χ2n) is 5.23. The molecule has 1 rings (SSSR count). The zero-order chi connectivity index (χ0) is 13.8. The number of aromatic nitrogens is 1. The first-order valence-electron chi connectivity index (χ1n) is 5.91. The van der Waals surface area contributed by atoms with Gasteiger partial charge in [-0.3, -0.25) is 10.1 Å². The second kappa shape index (κ2) is 6.24. The van der Waals surface area contributed by atoms with E-state index in [1.165, 1.54) is 11.8 Å². The van der Waals surface area contributed by atoms with Crippen molar-refractivity contribution in [3.05, 3.63) is 11.8 Å². The van der Waals surface area contributed by atoms with Gasteiger partial charge in [-0.25, -0.2) is 0 Å². The van der Waals surface area contributed by atoms with Gasteiger partial charge in [-0.05, 0) is 0 Å². The van der Waals surface area contributed by atoms with Gasteiger partial charge >= 0.3 is 0 Å². The summed E-state index contributed by atoms with van der Waals surface area (Å²) in [5.41, 5.74) is 6.21.